The third-order valence-electron chi connectivity index (χ3n) is 8.51. The Morgan fingerprint density at radius 3 is 2.70 bits per heavy atom. The summed E-state index contributed by atoms with van der Waals surface area (Å²) in [5.74, 6) is -0.259. The van der Waals surface area contributed by atoms with E-state index >= 15 is 4.39 Å². The maximum absolute atomic E-state index is 15.4. The number of nitrogens with zero attached hydrogens (tertiary/aromatic N) is 4. The summed E-state index contributed by atoms with van der Waals surface area (Å²) >= 11 is 0. The molecule has 3 aromatic rings. The molecule has 0 unspecified atom stereocenters. The number of allylic oxidation sites excluding steroid dienone is 5. The van der Waals surface area contributed by atoms with Crippen LogP contribution in [0.4, 0.5) is 20.4 Å². The number of sulfone groups is 1. The summed E-state index contributed by atoms with van der Waals surface area (Å²) in [4.78, 5) is 8.77. The lowest BCUT2D eigenvalue weighted by atomic mass is 9.76. The van der Waals surface area contributed by atoms with Crippen LogP contribution in [0.15, 0.2) is 66.9 Å². The smallest absolute Gasteiger partial charge is 0.229 e. The maximum atomic E-state index is 15.4. The Balaban J connectivity index is 1.39. The fourth-order valence-electron chi connectivity index (χ4n) is 6.49. The monoisotopic (exact) mass is 612 g/mol. The van der Waals surface area contributed by atoms with Gasteiger partial charge < -0.3 is 15.8 Å². The predicted molar refractivity (Wildman–Crippen MR) is 164 cm³/mol. The van der Waals surface area contributed by atoms with Crippen molar-refractivity contribution < 1.29 is 21.9 Å². The number of alkyl halides is 1. The van der Waals surface area contributed by atoms with Crippen molar-refractivity contribution in [2.24, 2.45) is 17.6 Å². The van der Waals surface area contributed by atoms with E-state index < -0.39 is 33.6 Å². The first-order valence-corrected chi connectivity index (χ1v) is 16.4. The topological polar surface area (TPSA) is 124 Å². The molecule has 1 saturated carbocycles. The Labute approximate surface area is 250 Å². The van der Waals surface area contributed by atoms with Gasteiger partial charge in [-0.3, -0.25) is 4.98 Å². The van der Waals surface area contributed by atoms with Crippen molar-refractivity contribution in [3.05, 3.63) is 78.2 Å². The van der Waals surface area contributed by atoms with Crippen molar-refractivity contribution in [3.63, 3.8) is 0 Å². The number of fused-ring (bicyclic) bond motifs is 1. The van der Waals surface area contributed by atoms with Gasteiger partial charge in [-0.2, -0.15) is 9.61 Å². The number of nitrogens with two attached hydrogens (primary N) is 1. The molecule has 9 nitrogen and oxygen atoms in total. The lowest BCUT2D eigenvalue weighted by molar-refractivity contribution is 0.0764. The predicted octanol–water partition coefficient (Wildman–Crippen LogP) is 5.31. The highest BCUT2D eigenvalue weighted by Crippen LogP contribution is 2.41. The van der Waals surface area contributed by atoms with Gasteiger partial charge in [0.05, 0.1) is 34.5 Å². The summed E-state index contributed by atoms with van der Waals surface area (Å²) in [5, 5.41) is 7.35. The van der Waals surface area contributed by atoms with Gasteiger partial charge in [-0.15, -0.1) is 0 Å². The van der Waals surface area contributed by atoms with E-state index in [1.54, 1.807) is 35.2 Å². The first-order chi connectivity index (χ1) is 20.6. The molecular formula is C31H38F2N6O3S. The van der Waals surface area contributed by atoms with E-state index in [1.165, 1.54) is 18.4 Å². The second-order valence-electron chi connectivity index (χ2n) is 11.5. The van der Waals surface area contributed by atoms with Crippen LogP contribution in [0, 0.1) is 11.8 Å². The highest BCUT2D eigenvalue weighted by atomic mass is 32.2. The van der Waals surface area contributed by atoms with Gasteiger partial charge in [0.15, 0.2) is 9.84 Å². The lowest BCUT2D eigenvalue weighted by Gasteiger charge is -2.38. The molecule has 4 atom stereocenters. The molecule has 43 heavy (non-hydrogen) atoms. The Morgan fingerprint density at radius 2 is 2.00 bits per heavy atom. The zero-order valence-corrected chi connectivity index (χ0v) is 25.2. The molecule has 230 valence electrons. The van der Waals surface area contributed by atoms with Crippen molar-refractivity contribution in [2.75, 3.05) is 31.5 Å². The number of nitrogens with one attached hydrogen (secondary N) is 1. The molecule has 0 radical (unpaired) electrons. The fraction of sp³-hybridized carbons (Fsp3) is 0.452. The molecule has 0 spiro atoms. The van der Waals surface area contributed by atoms with E-state index in [4.69, 9.17) is 10.5 Å². The van der Waals surface area contributed by atoms with Crippen molar-refractivity contribution in [2.45, 2.75) is 49.8 Å². The van der Waals surface area contributed by atoms with Gasteiger partial charge in [-0.05, 0) is 78.8 Å². The van der Waals surface area contributed by atoms with E-state index in [2.05, 4.69) is 27.0 Å². The van der Waals surface area contributed by atoms with Gasteiger partial charge in [0.25, 0.3) is 0 Å². The second kappa shape index (κ2) is 13.0. The van der Waals surface area contributed by atoms with Crippen LogP contribution in [0.25, 0.3) is 11.1 Å². The van der Waals surface area contributed by atoms with Crippen LogP contribution in [0.2, 0.25) is 0 Å². The number of anilines is 2. The molecule has 12 heteroatoms. The first kappa shape index (κ1) is 31.0. The molecule has 0 amide bonds. The molecule has 1 aliphatic carbocycles. The molecule has 1 aliphatic heterocycles. The van der Waals surface area contributed by atoms with E-state index in [0.29, 0.717) is 67.3 Å². The molecule has 2 aliphatic rings. The van der Waals surface area contributed by atoms with Crippen LogP contribution < -0.4 is 11.1 Å². The molecule has 3 N–H and O–H groups in total. The minimum absolute atomic E-state index is 0.0181. The van der Waals surface area contributed by atoms with Crippen molar-refractivity contribution in [1.29, 1.82) is 0 Å². The maximum Gasteiger partial charge on any atom is 0.229 e. The van der Waals surface area contributed by atoms with E-state index in [1.807, 2.05) is 13.0 Å². The van der Waals surface area contributed by atoms with Crippen LogP contribution >= 0.6 is 0 Å². The number of aromatic nitrogens is 4. The normalized spacial score (nSPS) is 24.3. The largest absolute Gasteiger partial charge is 0.381 e. The van der Waals surface area contributed by atoms with Crippen molar-refractivity contribution in [1.82, 2.24) is 19.6 Å². The number of halogens is 2. The molecule has 1 saturated heterocycles. The fourth-order valence-corrected chi connectivity index (χ4v) is 8.19. The number of hydrogen-bond acceptors (Lipinski definition) is 8. The SMILES string of the molecule is C=C(/C(F)=C\C(=C/CF)C1CCOCC1)c1ccc2cnc(Nc3cnccc3[C@H]3C[C@@H](N)[C@@H](S(C)(=O)=O)[C@@H](C)C3)n2n1. The second-order valence-corrected chi connectivity index (χ2v) is 13.7. The molecule has 0 aromatic carbocycles. The third-order valence-corrected chi connectivity index (χ3v) is 10.3. The first-order valence-electron chi connectivity index (χ1n) is 14.5. The summed E-state index contributed by atoms with van der Waals surface area (Å²) in [6, 6.07) is 4.86. The molecule has 3 aromatic heterocycles. The Morgan fingerprint density at radius 1 is 1.23 bits per heavy atom. The molecule has 0 bridgehead atoms. The van der Waals surface area contributed by atoms with Gasteiger partial charge in [-0.25, -0.2) is 22.2 Å². The van der Waals surface area contributed by atoms with Crippen LogP contribution in [0.3, 0.4) is 0 Å². The number of ether oxygens (including phenoxy) is 1. The molecule has 2 fully saturated rings. The van der Waals surface area contributed by atoms with Gasteiger partial charge >= 0.3 is 0 Å². The number of hydrogen-bond donors (Lipinski definition) is 2. The van der Waals surface area contributed by atoms with Gasteiger partial charge in [0.1, 0.15) is 12.5 Å². The van der Waals surface area contributed by atoms with Crippen LogP contribution in [0.1, 0.15) is 49.8 Å². The Kier molecular flexibility index (Phi) is 9.38. The molecule has 4 heterocycles. The molecule has 5 rings (SSSR count). The summed E-state index contributed by atoms with van der Waals surface area (Å²) in [5.41, 5.74) is 9.70. The number of pyridine rings is 1. The average molecular weight is 613 g/mol. The zero-order valence-electron chi connectivity index (χ0n) is 24.4. The summed E-state index contributed by atoms with van der Waals surface area (Å²) < 4.78 is 60.3. The van der Waals surface area contributed by atoms with E-state index in [0.717, 1.165) is 5.56 Å². The Bertz CT molecular complexity index is 1640. The van der Waals surface area contributed by atoms with Gasteiger partial charge in [0, 0.05) is 37.3 Å². The summed E-state index contributed by atoms with van der Waals surface area (Å²) in [6.45, 7) is 6.30. The highest BCUT2D eigenvalue weighted by molar-refractivity contribution is 7.91. The highest BCUT2D eigenvalue weighted by Gasteiger charge is 2.40. The van der Waals surface area contributed by atoms with Gasteiger partial charge in [0.2, 0.25) is 5.95 Å². The summed E-state index contributed by atoms with van der Waals surface area (Å²) in [6.07, 6.45) is 11.6. The van der Waals surface area contributed by atoms with Crippen molar-refractivity contribution in [3.8, 4) is 0 Å². The van der Waals surface area contributed by atoms with Crippen LogP contribution in [0.5, 0.6) is 0 Å². The van der Waals surface area contributed by atoms with Crippen molar-refractivity contribution >= 4 is 32.6 Å². The van der Waals surface area contributed by atoms with E-state index in [9.17, 15) is 12.8 Å². The zero-order chi connectivity index (χ0) is 30.7. The number of imidazole rings is 1. The Hall–Kier alpha value is -3.48. The summed E-state index contributed by atoms with van der Waals surface area (Å²) in [7, 11) is -3.28. The lowest BCUT2D eigenvalue weighted by Crippen LogP contribution is -2.48. The minimum Gasteiger partial charge on any atom is -0.381 e. The van der Waals surface area contributed by atoms with Crippen LogP contribution in [-0.2, 0) is 14.6 Å². The van der Waals surface area contributed by atoms with Crippen LogP contribution in [-0.4, -0.2) is 65.4 Å². The third kappa shape index (κ3) is 6.86. The van der Waals surface area contributed by atoms with Gasteiger partial charge in [-0.1, -0.05) is 19.6 Å². The molecular weight excluding hydrogens is 574 g/mol. The number of rotatable bonds is 9. The minimum atomic E-state index is -3.28. The standard InChI is InChI=1S/C31H38F2N6O3S/c1-19-14-23(16-27(34)30(19)43(3,40)41)25-7-11-35-18-29(25)37-31-36-17-24-4-5-28(38-39(24)31)20(2)26(33)15-22(6-10-32)21-8-12-42-13-9-21/h4-7,11,15,17-19,21,23,27,30H,2,8-10,12-14,16,34H2,1,3H3,(H,36,37)/b22-6+,26-15+/t19-,23+,27+,30-/m0/s1. The van der Waals surface area contributed by atoms with E-state index in [-0.39, 0.29) is 23.3 Å². The average Bonchev–Trinajstić information content (AvgIpc) is 3.38. The quantitative estimate of drug-likeness (QED) is 0.312.